The quantitative estimate of drug-likeness (QED) is 0.443. The summed E-state index contributed by atoms with van der Waals surface area (Å²) in [6.45, 7) is 0. The zero-order valence-corrected chi connectivity index (χ0v) is 12.6. The summed E-state index contributed by atoms with van der Waals surface area (Å²) in [5, 5.41) is 38.3. The molecule has 9 nitrogen and oxygen atoms in total. The Morgan fingerprint density at radius 1 is 1.08 bits per heavy atom. The van der Waals surface area contributed by atoms with Crippen LogP contribution in [0.2, 0.25) is 0 Å². The number of aromatic nitrogens is 1. The van der Waals surface area contributed by atoms with Crippen molar-refractivity contribution in [3.05, 3.63) is 39.2 Å². The van der Waals surface area contributed by atoms with Gasteiger partial charge in [0, 0.05) is 23.1 Å². The van der Waals surface area contributed by atoms with Crippen molar-refractivity contribution in [3.63, 3.8) is 0 Å². The van der Waals surface area contributed by atoms with Crippen LogP contribution in [-0.2, 0) is 5.88 Å². The van der Waals surface area contributed by atoms with Crippen LogP contribution < -0.4 is 11.3 Å². The van der Waals surface area contributed by atoms with Crippen molar-refractivity contribution >= 4 is 29.4 Å². The van der Waals surface area contributed by atoms with Gasteiger partial charge in [-0.2, -0.15) is 0 Å². The number of pyridine rings is 1. The summed E-state index contributed by atoms with van der Waals surface area (Å²) >= 11 is 5.74. The molecular formula is C14H11ClN2O7. The van der Waals surface area contributed by atoms with Gasteiger partial charge in [-0.05, 0) is 11.6 Å². The van der Waals surface area contributed by atoms with E-state index < -0.39 is 45.8 Å². The maximum atomic E-state index is 12.0. The molecule has 0 saturated heterocycles. The van der Waals surface area contributed by atoms with Gasteiger partial charge in [0.15, 0.2) is 0 Å². The molecule has 126 valence electrons. The van der Waals surface area contributed by atoms with Gasteiger partial charge in [0.25, 0.3) is 5.56 Å². The Morgan fingerprint density at radius 2 is 1.67 bits per heavy atom. The summed E-state index contributed by atoms with van der Waals surface area (Å²) in [4.78, 5) is 36.9. The molecular weight excluding hydrogens is 344 g/mol. The maximum Gasteiger partial charge on any atom is 0.342 e. The highest BCUT2D eigenvalue weighted by atomic mass is 35.5. The average molecular weight is 355 g/mol. The minimum absolute atomic E-state index is 0.0177. The predicted molar refractivity (Wildman–Crippen MR) is 83.7 cm³/mol. The highest BCUT2D eigenvalue weighted by Gasteiger charge is 2.29. The van der Waals surface area contributed by atoms with Crippen LogP contribution >= 0.6 is 11.6 Å². The fourth-order valence-electron chi connectivity index (χ4n) is 2.36. The molecule has 0 aliphatic rings. The number of aromatic hydroxyl groups is 2. The molecule has 1 aromatic carbocycles. The second-order valence-corrected chi connectivity index (χ2v) is 5.00. The van der Waals surface area contributed by atoms with Gasteiger partial charge in [0.1, 0.15) is 28.4 Å². The van der Waals surface area contributed by atoms with Crippen molar-refractivity contribution in [3.8, 4) is 22.6 Å². The van der Waals surface area contributed by atoms with E-state index in [4.69, 9.17) is 17.3 Å². The van der Waals surface area contributed by atoms with Crippen molar-refractivity contribution < 1.29 is 30.0 Å². The summed E-state index contributed by atoms with van der Waals surface area (Å²) in [6.07, 6.45) is 0. The minimum Gasteiger partial charge on any atom is -0.508 e. The number of alkyl halides is 1. The number of carbonyl (C=O) groups is 2. The van der Waals surface area contributed by atoms with Crippen LogP contribution in [0.3, 0.4) is 0 Å². The van der Waals surface area contributed by atoms with Gasteiger partial charge in [-0.15, -0.1) is 11.6 Å². The number of aromatic carboxylic acids is 2. The zero-order valence-electron chi connectivity index (χ0n) is 11.8. The van der Waals surface area contributed by atoms with E-state index in [2.05, 4.69) is 0 Å². The third-order valence-corrected chi connectivity index (χ3v) is 3.54. The molecule has 1 aromatic heterocycles. The standard InChI is InChI=1S/C14H11ClN2O7/c15-3-4-1-5(18)2-6(19)7(4)8-9(13(21)22)11(16)17-12(20)10(8)14(23)24/h1-2,18-19H,3H2,(H,21,22)(H,23,24)(H3,16,17,20). The van der Waals surface area contributed by atoms with Gasteiger partial charge in [0.2, 0.25) is 0 Å². The molecule has 0 amide bonds. The highest BCUT2D eigenvalue weighted by molar-refractivity contribution is 6.18. The summed E-state index contributed by atoms with van der Waals surface area (Å²) in [6, 6.07) is 1.97. The molecule has 2 aromatic rings. The fraction of sp³-hybridized carbons (Fsp3) is 0.0714. The van der Waals surface area contributed by atoms with E-state index >= 15 is 0 Å². The van der Waals surface area contributed by atoms with Crippen molar-refractivity contribution in [2.45, 2.75) is 5.88 Å². The zero-order chi connectivity index (χ0) is 18.2. The number of nitrogens with two attached hydrogens (primary N) is 1. The lowest BCUT2D eigenvalue weighted by Crippen LogP contribution is -2.24. The molecule has 0 aliphatic carbocycles. The first-order valence-electron chi connectivity index (χ1n) is 6.32. The van der Waals surface area contributed by atoms with Crippen LogP contribution in [0.1, 0.15) is 26.3 Å². The number of phenolic OH excluding ortho intramolecular Hbond substituents is 2. The molecule has 10 heteroatoms. The molecule has 0 atom stereocenters. The minimum atomic E-state index is -1.72. The Labute approximate surface area is 138 Å². The van der Waals surface area contributed by atoms with Gasteiger partial charge >= 0.3 is 11.9 Å². The summed E-state index contributed by atoms with van der Waals surface area (Å²) in [5.41, 5.74) is 1.85. The van der Waals surface area contributed by atoms with Gasteiger partial charge < -0.3 is 31.1 Å². The van der Waals surface area contributed by atoms with Crippen molar-refractivity contribution in [1.82, 2.24) is 4.98 Å². The Hall–Kier alpha value is -3.20. The largest absolute Gasteiger partial charge is 0.508 e. The third kappa shape index (κ3) is 2.72. The number of hydrogen-bond donors (Lipinski definition) is 6. The van der Waals surface area contributed by atoms with E-state index in [9.17, 15) is 34.8 Å². The molecule has 0 bridgehead atoms. The number of carboxylic acids is 2. The number of rotatable bonds is 4. The molecule has 7 N–H and O–H groups in total. The first kappa shape index (κ1) is 17.2. The van der Waals surface area contributed by atoms with Crippen LogP contribution in [-0.4, -0.2) is 37.3 Å². The summed E-state index contributed by atoms with van der Waals surface area (Å²) in [5.74, 6) is -5.25. The summed E-state index contributed by atoms with van der Waals surface area (Å²) in [7, 11) is 0. The van der Waals surface area contributed by atoms with Crippen LogP contribution in [0.25, 0.3) is 11.1 Å². The number of carboxylic acid groups (broad SMARTS) is 2. The molecule has 0 spiro atoms. The highest BCUT2D eigenvalue weighted by Crippen LogP contribution is 2.40. The first-order chi connectivity index (χ1) is 11.2. The third-order valence-electron chi connectivity index (χ3n) is 3.25. The molecule has 0 unspecified atom stereocenters. The predicted octanol–water partition coefficient (Wildman–Crippen LogP) is 1.17. The van der Waals surface area contributed by atoms with Crippen molar-refractivity contribution in [2.75, 3.05) is 5.73 Å². The lowest BCUT2D eigenvalue weighted by Gasteiger charge is -2.16. The van der Waals surface area contributed by atoms with Gasteiger partial charge in [0.05, 0.1) is 0 Å². The van der Waals surface area contributed by atoms with Crippen LogP contribution in [0, 0.1) is 0 Å². The second-order valence-electron chi connectivity index (χ2n) is 4.74. The number of nitrogen functional groups attached to an aromatic ring is 1. The van der Waals surface area contributed by atoms with E-state index in [1.165, 1.54) is 0 Å². The second kappa shape index (κ2) is 6.13. The topological polar surface area (TPSA) is 174 Å². The van der Waals surface area contributed by atoms with Gasteiger partial charge in [-0.1, -0.05) is 0 Å². The number of H-pyrrole nitrogens is 1. The summed E-state index contributed by atoms with van der Waals surface area (Å²) < 4.78 is 0. The first-order valence-corrected chi connectivity index (χ1v) is 6.86. The molecule has 24 heavy (non-hydrogen) atoms. The van der Waals surface area contributed by atoms with Crippen LogP contribution in [0.5, 0.6) is 11.5 Å². The Bertz CT molecular complexity index is 920. The SMILES string of the molecule is Nc1[nH]c(=O)c(C(=O)O)c(-c2c(O)cc(O)cc2CCl)c1C(=O)O. The van der Waals surface area contributed by atoms with E-state index in [1.807, 2.05) is 4.98 Å². The van der Waals surface area contributed by atoms with Crippen LogP contribution in [0.4, 0.5) is 5.82 Å². The Balaban J connectivity index is 3.12. The number of halogens is 1. The number of nitrogens with one attached hydrogen (secondary N) is 1. The number of hydrogen-bond acceptors (Lipinski definition) is 6. The van der Waals surface area contributed by atoms with Gasteiger partial charge in [-0.3, -0.25) is 4.79 Å². The molecule has 0 aliphatic heterocycles. The van der Waals surface area contributed by atoms with E-state index in [1.54, 1.807) is 0 Å². The lowest BCUT2D eigenvalue weighted by molar-refractivity contribution is 0.0695. The fourth-order valence-corrected chi connectivity index (χ4v) is 2.57. The number of anilines is 1. The molecule has 0 radical (unpaired) electrons. The van der Waals surface area contributed by atoms with E-state index in [-0.39, 0.29) is 22.8 Å². The normalized spacial score (nSPS) is 10.5. The number of aromatic amines is 1. The van der Waals surface area contributed by atoms with E-state index in [0.29, 0.717) is 0 Å². The van der Waals surface area contributed by atoms with Crippen molar-refractivity contribution in [2.24, 2.45) is 0 Å². The molecule has 0 saturated carbocycles. The lowest BCUT2D eigenvalue weighted by atomic mass is 9.91. The smallest absolute Gasteiger partial charge is 0.342 e. The monoisotopic (exact) mass is 354 g/mol. The van der Waals surface area contributed by atoms with Gasteiger partial charge in [-0.25, -0.2) is 9.59 Å². The van der Waals surface area contributed by atoms with E-state index in [0.717, 1.165) is 12.1 Å². The Morgan fingerprint density at radius 3 is 2.17 bits per heavy atom. The molecule has 1 heterocycles. The van der Waals surface area contributed by atoms with Crippen LogP contribution in [0.15, 0.2) is 16.9 Å². The average Bonchev–Trinajstić information content (AvgIpc) is 2.44. The number of benzene rings is 1. The Kier molecular flexibility index (Phi) is 4.38. The number of phenols is 2. The van der Waals surface area contributed by atoms with Crippen molar-refractivity contribution in [1.29, 1.82) is 0 Å². The molecule has 0 fully saturated rings. The molecule has 2 rings (SSSR count). The maximum absolute atomic E-state index is 12.0.